The minimum Gasteiger partial charge on any atom is -0.444 e. The molecule has 0 bridgehead atoms. The highest BCUT2D eigenvalue weighted by Gasteiger charge is 2.34. The molecule has 1 rings (SSSR count). The second-order valence-electron chi connectivity index (χ2n) is 6.32. The Bertz CT molecular complexity index is 374. The summed E-state index contributed by atoms with van der Waals surface area (Å²) in [5, 5.41) is 0. The van der Waals surface area contributed by atoms with Crippen molar-refractivity contribution in [1.29, 1.82) is 0 Å². The maximum Gasteiger partial charge on any atom is 0.410 e. The summed E-state index contributed by atoms with van der Waals surface area (Å²) in [5.41, 5.74) is 5.47. The summed E-state index contributed by atoms with van der Waals surface area (Å²) in [5.74, 6) is 0.542. The van der Waals surface area contributed by atoms with Gasteiger partial charge in [-0.05, 0) is 47.5 Å². The number of hydrogen-bond donors (Lipinski definition) is 1. The van der Waals surface area contributed by atoms with E-state index in [4.69, 9.17) is 10.5 Å². The average Bonchev–Trinajstić information content (AvgIpc) is 3.18. The van der Waals surface area contributed by atoms with E-state index in [-0.39, 0.29) is 30.1 Å². The third-order valence-corrected chi connectivity index (χ3v) is 3.32. The molecule has 0 aliphatic heterocycles. The Morgan fingerprint density at radius 3 is 2.23 bits per heavy atom. The Morgan fingerprint density at radius 2 is 1.82 bits per heavy atom. The van der Waals surface area contributed by atoms with Gasteiger partial charge in [-0.1, -0.05) is 0 Å². The average molecular weight is 426 g/mol. The van der Waals surface area contributed by atoms with Crippen molar-refractivity contribution < 1.29 is 9.53 Å². The van der Waals surface area contributed by atoms with Crippen LogP contribution >= 0.6 is 24.0 Å². The summed E-state index contributed by atoms with van der Waals surface area (Å²) in [7, 11) is 0. The third kappa shape index (κ3) is 7.51. The molecule has 0 aromatic heterocycles. The van der Waals surface area contributed by atoms with Crippen molar-refractivity contribution in [3.8, 4) is 0 Å². The van der Waals surface area contributed by atoms with Crippen LogP contribution in [0.4, 0.5) is 4.79 Å². The molecule has 0 aromatic carbocycles. The van der Waals surface area contributed by atoms with E-state index in [1.165, 1.54) is 0 Å². The number of hydrogen-bond acceptors (Lipinski definition) is 3. The van der Waals surface area contributed by atoms with Crippen LogP contribution in [0.5, 0.6) is 0 Å². The van der Waals surface area contributed by atoms with E-state index < -0.39 is 5.60 Å². The van der Waals surface area contributed by atoms with Crippen LogP contribution in [0, 0.1) is 0 Å². The van der Waals surface area contributed by atoms with Gasteiger partial charge in [0, 0.05) is 25.7 Å². The van der Waals surface area contributed by atoms with Crippen molar-refractivity contribution >= 4 is 36.0 Å². The zero-order valence-corrected chi connectivity index (χ0v) is 16.8. The van der Waals surface area contributed by atoms with Gasteiger partial charge in [-0.25, -0.2) is 4.79 Å². The molecule has 1 fully saturated rings. The minimum absolute atomic E-state index is 0. The third-order valence-electron chi connectivity index (χ3n) is 3.32. The summed E-state index contributed by atoms with van der Waals surface area (Å²) in [6.45, 7) is 12.5. The number of halogens is 1. The molecule has 22 heavy (non-hydrogen) atoms. The minimum atomic E-state index is -0.465. The van der Waals surface area contributed by atoms with E-state index >= 15 is 0 Å². The maximum absolute atomic E-state index is 12.2. The van der Waals surface area contributed by atoms with Crippen molar-refractivity contribution in [3.63, 3.8) is 0 Å². The standard InChI is InChI=1S/C15H30N4O2.HI/c1-6-18(7-2)13(16)17-10-11-19(12-8-9-12)14(20)21-15(3,4)5;/h12H,6-11H2,1-5H3,(H2,16,17);1H. The van der Waals surface area contributed by atoms with Crippen LogP contribution < -0.4 is 5.73 Å². The number of nitrogens with zero attached hydrogens (tertiary/aromatic N) is 3. The number of nitrogens with two attached hydrogens (primary N) is 1. The Morgan fingerprint density at radius 1 is 1.27 bits per heavy atom. The Hall–Kier alpha value is -0.730. The van der Waals surface area contributed by atoms with E-state index in [1.54, 1.807) is 4.90 Å². The molecular formula is C15H31IN4O2. The van der Waals surface area contributed by atoms with E-state index in [2.05, 4.69) is 4.99 Å². The molecule has 1 aliphatic rings. The topological polar surface area (TPSA) is 71.2 Å². The lowest BCUT2D eigenvalue weighted by molar-refractivity contribution is 0.0240. The van der Waals surface area contributed by atoms with Crippen LogP contribution in [0.25, 0.3) is 0 Å². The summed E-state index contributed by atoms with van der Waals surface area (Å²) in [4.78, 5) is 20.3. The second-order valence-corrected chi connectivity index (χ2v) is 6.32. The van der Waals surface area contributed by atoms with Gasteiger partial charge in [0.15, 0.2) is 5.96 Å². The van der Waals surface area contributed by atoms with E-state index in [9.17, 15) is 4.79 Å². The maximum atomic E-state index is 12.2. The molecule has 6 nitrogen and oxygen atoms in total. The van der Waals surface area contributed by atoms with E-state index in [0.717, 1.165) is 25.9 Å². The first-order chi connectivity index (χ1) is 9.78. The normalized spacial score (nSPS) is 15.0. The largest absolute Gasteiger partial charge is 0.444 e. The highest BCUT2D eigenvalue weighted by molar-refractivity contribution is 14.0. The Labute approximate surface area is 151 Å². The van der Waals surface area contributed by atoms with Gasteiger partial charge in [-0.2, -0.15) is 0 Å². The number of ether oxygens (including phenoxy) is 1. The predicted molar refractivity (Wildman–Crippen MR) is 101 cm³/mol. The molecule has 0 aromatic rings. The van der Waals surface area contributed by atoms with Gasteiger partial charge in [0.1, 0.15) is 5.60 Å². The fourth-order valence-electron chi connectivity index (χ4n) is 2.05. The lowest BCUT2D eigenvalue weighted by Gasteiger charge is -2.27. The first-order valence-electron chi connectivity index (χ1n) is 7.83. The molecule has 130 valence electrons. The number of rotatable bonds is 6. The molecule has 0 unspecified atom stereocenters. The summed E-state index contributed by atoms with van der Waals surface area (Å²) < 4.78 is 5.45. The summed E-state index contributed by atoms with van der Waals surface area (Å²) in [6, 6.07) is 0.310. The van der Waals surface area contributed by atoms with Crippen LogP contribution in [0.3, 0.4) is 0 Å². The van der Waals surface area contributed by atoms with Crippen LogP contribution in [0.1, 0.15) is 47.5 Å². The smallest absolute Gasteiger partial charge is 0.410 e. The van der Waals surface area contributed by atoms with Crippen molar-refractivity contribution in [2.24, 2.45) is 10.7 Å². The molecular weight excluding hydrogens is 395 g/mol. The number of carbonyl (C=O) groups is 1. The lowest BCUT2D eigenvalue weighted by atomic mass is 10.2. The summed E-state index contributed by atoms with van der Waals surface area (Å²) in [6.07, 6.45) is 1.85. The van der Waals surface area contributed by atoms with Crippen molar-refractivity contribution in [1.82, 2.24) is 9.80 Å². The van der Waals surface area contributed by atoms with Gasteiger partial charge in [0.05, 0.1) is 6.54 Å². The first-order valence-corrected chi connectivity index (χ1v) is 7.83. The molecule has 1 amide bonds. The first kappa shape index (κ1) is 21.3. The van der Waals surface area contributed by atoms with Gasteiger partial charge < -0.3 is 20.3 Å². The number of carbonyl (C=O) groups excluding carboxylic acids is 1. The zero-order chi connectivity index (χ0) is 16.0. The van der Waals surface area contributed by atoms with Crippen molar-refractivity contribution in [2.45, 2.75) is 59.1 Å². The SMILES string of the molecule is CCN(CC)C(N)=NCCN(C(=O)OC(C)(C)C)C1CC1.I. The zero-order valence-electron chi connectivity index (χ0n) is 14.5. The molecule has 0 atom stereocenters. The highest BCUT2D eigenvalue weighted by atomic mass is 127. The molecule has 0 saturated heterocycles. The van der Waals surface area contributed by atoms with Gasteiger partial charge in [0.25, 0.3) is 0 Å². The van der Waals surface area contributed by atoms with E-state index in [0.29, 0.717) is 25.1 Å². The van der Waals surface area contributed by atoms with Crippen LogP contribution in [0.15, 0.2) is 4.99 Å². The van der Waals surface area contributed by atoms with Gasteiger partial charge in [0.2, 0.25) is 0 Å². The monoisotopic (exact) mass is 426 g/mol. The lowest BCUT2D eigenvalue weighted by Crippen LogP contribution is -2.41. The Balaban J connectivity index is 0.00000441. The fraction of sp³-hybridized carbons (Fsp3) is 0.867. The molecule has 0 heterocycles. The molecule has 0 spiro atoms. The molecule has 1 aliphatic carbocycles. The van der Waals surface area contributed by atoms with Gasteiger partial charge >= 0.3 is 6.09 Å². The van der Waals surface area contributed by atoms with Crippen LogP contribution in [-0.2, 0) is 4.74 Å². The van der Waals surface area contributed by atoms with Crippen molar-refractivity contribution in [3.05, 3.63) is 0 Å². The van der Waals surface area contributed by atoms with Crippen molar-refractivity contribution in [2.75, 3.05) is 26.2 Å². The Kier molecular flexibility index (Phi) is 9.11. The summed E-state index contributed by atoms with van der Waals surface area (Å²) >= 11 is 0. The molecule has 0 radical (unpaired) electrons. The number of guanidine groups is 1. The van der Waals surface area contributed by atoms with Crippen LogP contribution in [-0.4, -0.2) is 59.7 Å². The molecule has 1 saturated carbocycles. The fourth-order valence-corrected chi connectivity index (χ4v) is 2.05. The van der Waals surface area contributed by atoms with Gasteiger partial charge in [-0.3, -0.25) is 4.99 Å². The molecule has 7 heteroatoms. The second kappa shape index (κ2) is 9.42. The van der Waals surface area contributed by atoms with E-state index in [1.807, 2.05) is 39.5 Å². The predicted octanol–water partition coefficient (Wildman–Crippen LogP) is 2.66. The van der Waals surface area contributed by atoms with Crippen LogP contribution in [0.2, 0.25) is 0 Å². The molecule has 2 N–H and O–H groups in total. The quantitative estimate of drug-likeness (QED) is 0.403. The number of amides is 1. The highest BCUT2D eigenvalue weighted by Crippen LogP contribution is 2.28. The van der Waals surface area contributed by atoms with Gasteiger partial charge in [-0.15, -0.1) is 24.0 Å². The number of aliphatic imine (C=N–C) groups is 1.